The normalized spacial score (nSPS) is 12.6. The Morgan fingerprint density at radius 2 is 1.96 bits per heavy atom. The topological polar surface area (TPSA) is 56.5 Å². The molecule has 0 bridgehead atoms. The van der Waals surface area contributed by atoms with E-state index in [1.807, 2.05) is 61.5 Å². The molecular weight excluding hydrogens is 352 g/mol. The summed E-state index contributed by atoms with van der Waals surface area (Å²) in [5, 5.41) is 10.0. The first-order valence-corrected chi connectivity index (χ1v) is 9.70. The molecule has 3 aromatic rings. The molecule has 0 aliphatic heterocycles. The molecule has 5 heteroatoms. The van der Waals surface area contributed by atoms with Gasteiger partial charge in [-0.2, -0.15) is 0 Å². The van der Waals surface area contributed by atoms with Gasteiger partial charge in [-0.1, -0.05) is 30.4 Å². The lowest BCUT2D eigenvalue weighted by Crippen LogP contribution is -2.08. The zero-order chi connectivity index (χ0) is 19.9. The summed E-state index contributed by atoms with van der Waals surface area (Å²) in [7, 11) is 1.66. The SMILES string of the molecule is C/C=C/c1ccc(OCCCCn2c(C(C)O)nc3ccccc32)c(OC)c1. The zero-order valence-corrected chi connectivity index (χ0v) is 16.8. The van der Waals surface area contributed by atoms with Gasteiger partial charge in [0, 0.05) is 6.54 Å². The van der Waals surface area contributed by atoms with Crippen LogP contribution in [0.3, 0.4) is 0 Å². The molecule has 1 unspecified atom stereocenters. The predicted molar refractivity (Wildman–Crippen MR) is 113 cm³/mol. The minimum atomic E-state index is -0.594. The van der Waals surface area contributed by atoms with Gasteiger partial charge in [0.1, 0.15) is 11.9 Å². The Hall–Kier alpha value is -2.79. The first-order chi connectivity index (χ1) is 13.6. The molecule has 2 aromatic carbocycles. The highest BCUT2D eigenvalue weighted by molar-refractivity contribution is 5.76. The average Bonchev–Trinajstić information content (AvgIpc) is 3.08. The van der Waals surface area contributed by atoms with Crippen LogP contribution in [0.2, 0.25) is 0 Å². The molecule has 3 rings (SSSR count). The largest absolute Gasteiger partial charge is 0.493 e. The van der Waals surface area contributed by atoms with E-state index in [1.165, 1.54) is 0 Å². The van der Waals surface area contributed by atoms with Crippen LogP contribution in [-0.4, -0.2) is 28.4 Å². The Morgan fingerprint density at radius 3 is 2.71 bits per heavy atom. The minimum absolute atomic E-state index is 0.594. The molecule has 0 saturated heterocycles. The molecule has 1 atom stereocenters. The molecule has 5 nitrogen and oxygen atoms in total. The van der Waals surface area contributed by atoms with Crippen molar-refractivity contribution in [3.63, 3.8) is 0 Å². The molecule has 0 aliphatic rings. The number of para-hydroxylation sites is 2. The van der Waals surface area contributed by atoms with E-state index in [2.05, 4.69) is 9.55 Å². The summed E-state index contributed by atoms with van der Waals surface area (Å²) in [6.07, 6.45) is 5.26. The summed E-state index contributed by atoms with van der Waals surface area (Å²) >= 11 is 0. The van der Waals surface area contributed by atoms with E-state index in [0.717, 1.165) is 47.5 Å². The Morgan fingerprint density at radius 1 is 1.14 bits per heavy atom. The van der Waals surface area contributed by atoms with Gasteiger partial charge in [0.05, 0.1) is 24.8 Å². The van der Waals surface area contributed by atoms with Crippen molar-refractivity contribution in [2.75, 3.05) is 13.7 Å². The number of aromatic nitrogens is 2. The number of benzene rings is 2. The lowest BCUT2D eigenvalue weighted by molar-refractivity contribution is 0.184. The smallest absolute Gasteiger partial charge is 0.161 e. The number of hydrogen-bond acceptors (Lipinski definition) is 4. The zero-order valence-electron chi connectivity index (χ0n) is 16.8. The Bertz CT molecular complexity index is 944. The highest BCUT2D eigenvalue weighted by atomic mass is 16.5. The standard InChI is InChI=1S/C23H28N2O3/c1-4-9-18-12-13-21(22(16-18)27-3)28-15-8-7-14-25-20-11-6-5-10-19(20)24-23(25)17(2)26/h4-6,9-13,16-17,26H,7-8,14-15H2,1-3H3/b9-4+. The third-order valence-corrected chi connectivity index (χ3v) is 4.64. The number of aliphatic hydroxyl groups excluding tert-OH is 1. The molecule has 0 aliphatic carbocycles. The summed E-state index contributed by atoms with van der Waals surface area (Å²) in [5.74, 6) is 2.21. The number of fused-ring (bicyclic) bond motifs is 1. The molecule has 0 fully saturated rings. The van der Waals surface area contributed by atoms with E-state index in [9.17, 15) is 5.11 Å². The number of nitrogens with zero attached hydrogens (tertiary/aromatic N) is 2. The maximum Gasteiger partial charge on any atom is 0.161 e. The molecular formula is C23H28N2O3. The molecule has 0 spiro atoms. The monoisotopic (exact) mass is 380 g/mol. The summed E-state index contributed by atoms with van der Waals surface area (Å²) < 4.78 is 13.5. The Balaban J connectivity index is 1.58. The summed E-state index contributed by atoms with van der Waals surface area (Å²) in [6, 6.07) is 13.9. The molecule has 0 amide bonds. The van der Waals surface area contributed by atoms with Crippen LogP contribution in [0.1, 0.15) is 44.2 Å². The van der Waals surface area contributed by atoms with Crippen LogP contribution < -0.4 is 9.47 Å². The van der Waals surface area contributed by atoms with Crippen molar-refractivity contribution in [1.29, 1.82) is 0 Å². The lowest BCUT2D eigenvalue weighted by Gasteiger charge is -2.13. The second-order valence-corrected chi connectivity index (χ2v) is 6.75. The molecule has 28 heavy (non-hydrogen) atoms. The fraction of sp³-hybridized carbons (Fsp3) is 0.348. The van der Waals surface area contributed by atoms with Gasteiger partial charge in [-0.3, -0.25) is 0 Å². The van der Waals surface area contributed by atoms with Gasteiger partial charge in [0.15, 0.2) is 11.5 Å². The van der Waals surface area contributed by atoms with Crippen molar-refractivity contribution in [3.05, 3.63) is 59.9 Å². The second-order valence-electron chi connectivity index (χ2n) is 6.75. The number of aryl methyl sites for hydroxylation is 1. The van der Waals surface area contributed by atoms with Gasteiger partial charge >= 0.3 is 0 Å². The van der Waals surface area contributed by atoms with Crippen LogP contribution in [0.25, 0.3) is 17.1 Å². The molecule has 1 aromatic heterocycles. The van der Waals surface area contributed by atoms with Crippen molar-refractivity contribution in [3.8, 4) is 11.5 Å². The van der Waals surface area contributed by atoms with Crippen LogP contribution >= 0.6 is 0 Å². The number of allylic oxidation sites excluding steroid dienone is 1. The molecule has 1 heterocycles. The maximum atomic E-state index is 10.0. The van der Waals surface area contributed by atoms with E-state index in [1.54, 1.807) is 14.0 Å². The number of methoxy groups -OCH3 is 1. The number of rotatable bonds is 9. The minimum Gasteiger partial charge on any atom is -0.493 e. The van der Waals surface area contributed by atoms with Crippen LogP contribution in [0.4, 0.5) is 0 Å². The van der Waals surface area contributed by atoms with Crippen molar-refractivity contribution >= 4 is 17.1 Å². The number of hydrogen-bond donors (Lipinski definition) is 1. The summed E-state index contributed by atoms with van der Waals surface area (Å²) in [4.78, 5) is 4.56. The van der Waals surface area contributed by atoms with E-state index in [-0.39, 0.29) is 0 Å². The molecule has 1 N–H and O–H groups in total. The van der Waals surface area contributed by atoms with Crippen molar-refractivity contribution < 1.29 is 14.6 Å². The fourth-order valence-electron chi connectivity index (χ4n) is 3.30. The summed E-state index contributed by atoms with van der Waals surface area (Å²) in [5.41, 5.74) is 3.06. The van der Waals surface area contributed by atoms with Gasteiger partial charge in [0.25, 0.3) is 0 Å². The highest BCUT2D eigenvalue weighted by Gasteiger charge is 2.14. The van der Waals surface area contributed by atoms with E-state index in [4.69, 9.17) is 9.47 Å². The quantitative estimate of drug-likeness (QED) is 0.531. The number of ether oxygens (including phenoxy) is 2. The predicted octanol–water partition coefficient (Wildman–Crippen LogP) is 4.99. The average molecular weight is 380 g/mol. The van der Waals surface area contributed by atoms with E-state index < -0.39 is 6.10 Å². The molecule has 0 radical (unpaired) electrons. The van der Waals surface area contributed by atoms with E-state index >= 15 is 0 Å². The lowest BCUT2D eigenvalue weighted by atomic mass is 10.2. The second kappa shape index (κ2) is 9.42. The number of aliphatic hydroxyl groups is 1. The Kier molecular flexibility index (Phi) is 6.71. The van der Waals surface area contributed by atoms with Gasteiger partial charge in [-0.15, -0.1) is 0 Å². The van der Waals surface area contributed by atoms with Crippen LogP contribution in [-0.2, 0) is 6.54 Å². The maximum absolute atomic E-state index is 10.0. The van der Waals surface area contributed by atoms with Crippen molar-refractivity contribution in [2.24, 2.45) is 0 Å². The Labute approximate surface area is 166 Å². The molecule has 0 saturated carbocycles. The van der Waals surface area contributed by atoms with Gasteiger partial charge in [-0.05, 0) is 56.5 Å². The third-order valence-electron chi connectivity index (χ3n) is 4.64. The molecule has 148 valence electrons. The van der Waals surface area contributed by atoms with Crippen LogP contribution in [0, 0.1) is 0 Å². The van der Waals surface area contributed by atoms with Crippen LogP contribution in [0.5, 0.6) is 11.5 Å². The number of unbranched alkanes of at least 4 members (excludes halogenated alkanes) is 1. The van der Waals surface area contributed by atoms with Crippen molar-refractivity contribution in [2.45, 2.75) is 39.3 Å². The van der Waals surface area contributed by atoms with Gasteiger partial charge < -0.3 is 19.1 Å². The van der Waals surface area contributed by atoms with Gasteiger partial charge in [-0.25, -0.2) is 4.98 Å². The van der Waals surface area contributed by atoms with Gasteiger partial charge in [0.2, 0.25) is 0 Å². The first kappa shape index (κ1) is 20.0. The third kappa shape index (κ3) is 4.54. The van der Waals surface area contributed by atoms with Crippen molar-refractivity contribution in [1.82, 2.24) is 9.55 Å². The van der Waals surface area contributed by atoms with Crippen LogP contribution in [0.15, 0.2) is 48.5 Å². The number of imidazole rings is 1. The first-order valence-electron chi connectivity index (χ1n) is 9.70. The van der Waals surface area contributed by atoms with E-state index in [0.29, 0.717) is 12.4 Å². The highest BCUT2D eigenvalue weighted by Crippen LogP contribution is 2.29. The summed E-state index contributed by atoms with van der Waals surface area (Å²) in [6.45, 7) is 5.14. The fourth-order valence-corrected chi connectivity index (χ4v) is 3.30.